The molecular weight excluding hydrogens is 384 g/mol. The van der Waals surface area contributed by atoms with Gasteiger partial charge < -0.3 is 28.8 Å². The van der Waals surface area contributed by atoms with Gasteiger partial charge in [-0.05, 0) is 36.5 Å². The van der Waals surface area contributed by atoms with Crippen LogP contribution in [0.15, 0.2) is 24.3 Å². The lowest BCUT2D eigenvalue weighted by Crippen LogP contribution is -3.14. The van der Waals surface area contributed by atoms with Crippen molar-refractivity contribution >= 4 is 18.2 Å². The van der Waals surface area contributed by atoms with Gasteiger partial charge in [-0.25, -0.2) is 4.79 Å². The van der Waals surface area contributed by atoms with Crippen molar-refractivity contribution in [3.8, 4) is 11.5 Å². The van der Waals surface area contributed by atoms with E-state index in [0.29, 0.717) is 36.0 Å². The van der Waals surface area contributed by atoms with Crippen LogP contribution in [0.2, 0.25) is 0 Å². The highest BCUT2D eigenvalue weighted by molar-refractivity contribution is 7.71. The number of aliphatic hydroxyl groups is 1. The number of aliphatic hydroxyl groups excluding tert-OH is 1. The fourth-order valence-corrected chi connectivity index (χ4v) is 3.53. The van der Waals surface area contributed by atoms with Crippen LogP contribution >= 0.6 is 12.2 Å². The Morgan fingerprint density at radius 3 is 2.64 bits per heavy atom. The van der Waals surface area contributed by atoms with Crippen molar-refractivity contribution in [2.24, 2.45) is 7.05 Å². The molecule has 2 heterocycles. The molecule has 152 valence electrons. The van der Waals surface area contributed by atoms with E-state index in [2.05, 4.69) is 5.10 Å². The standard InChI is InChI=1S/C18H24N4O5S/c1-20-16(10-27-14-6-4-13(25-2)5-7-14)19-22(18(20)28)11-21-9-12(23)8-15(21)17(24)26-3/h4-7,12,15,23H,8-11H2,1-3H3/p+1/t12-,15+/m1/s1. The highest BCUT2D eigenvalue weighted by Gasteiger charge is 2.41. The summed E-state index contributed by atoms with van der Waals surface area (Å²) in [7, 11) is 4.79. The predicted molar refractivity (Wildman–Crippen MR) is 102 cm³/mol. The fourth-order valence-electron chi connectivity index (χ4n) is 3.32. The largest absolute Gasteiger partial charge is 0.497 e. The van der Waals surface area contributed by atoms with Crippen molar-refractivity contribution in [3.63, 3.8) is 0 Å². The number of carbonyl (C=O) groups is 1. The third kappa shape index (κ3) is 4.34. The van der Waals surface area contributed by atoms with E-state index in [1.165, 1.54) is 7.11 Å². The number of rotatable bonds is 7. The minimum Gasteiger partial charge on any atom is -0.497 e. The number of benzene rings is 1. The lowest BCUT2D eigenvalue weighted by Gasteiger charge is -2.18. The van der Waals surface area contributed by atoms with Crippen molar-refractivity contribution in [2.45, 2.75) is 31.8 Å². The van der Waals surface area contributed by atoms with E-state index < -0.39 is 12.1 Å². The molecule has 28 heavy (non-hydrogen) atoms. The van der Waals surface area contributed by atoms with Crippen LogP contribution in [0.4, 0.5) is 0 Å². The molecule has 3 atom stereocenters. The maximum Gasteiger partial charge on any atom is 0.364 e. The average Bonchev–Trinajstić information content (AvgIpc) is 3.20. The van der Waals surface area contributed by atoms with Gasteiger partial charge in [0.1, 0.15) is 30.8 Å². The first-order valence-electron chi connectivity index (χ1n) is 8.93. The van der Waals surface area contributed by atoms with Gasteiger partial charge >= 0.3 is 5.97 Å². The Morgan fingerprint density at radius 2 is 2.00 bits per heavy atom. The van der Waals surface area contributed by atoms with Crippen molar-refractivity contribution in [2.75, 3.05) is 20.8 Å². The van der Waals surface area contributed by atoms with E-state index in [1.807, 2.05) is 31.3 Å². The van der Waals surface area contributed by atoms with Gasteiger partial charge in [0.05, 0.1) is 14.2 Å². The number of quaternary nitrogens is 1. The number of likely N-dealkylation sites (tertiary alicyclic amines) is 1. The summed E-state index contributed by atoms with van der Waals surface area (Å²) in [4.78, 5) is 12.8. The molecule has 1 aliphatic rings. The summed E-state index contributed by atoms with van der Waals surface area (Å²) in [5.41, 5.74) is 0. The number of hydrogen-bond donors (Lipinski definition) is 2. The van der Waals surface area contributed by atoms with Gasteiger partial charge in [0.2, 0.25) is 4.77 Å². The molecule has 2 N–H and O–H groups in total. The first-order valence-corrected chi connectivity index (χ1v) is 9.33. The second-order valence-electron chi connectivity index (χ2n) is 6.71. The number of hydrogen-bond acceptors (Lipinski definition) is 7. The number of carbonyl (C=O) groups excluding carboxylic acids is 1. The van der Waals surface area contributed by atoms with Crippen LogP contribution in [0, 0.1) is 4.77 Å². The number of ether oxygens (including phenoxy) is 3. The summed E-state index contributed by atoms with van der Waals surface area (Å²) in [6.45, 7) is 1.06. The van der Waals surface area contributed by atoms with Crippen LogP contribution in [0.5, 0.6) is 11.5 Å². The minimum atomic E-state index is -0.546. The molecule has 0 bridgehead atoms. The monoisotopic (exact) mass is 409 g/mol. The van der Waals surface area contributed by atoms with Gasteiger partial charge in [-0.15, -0.1) is 5.10 Å². The fraction of sp³-hybridized carbons (Fsp3) is 0.500. The summed E-state index contributed by atoms with van der Waals surface area (Å²) < 4.78 is 19.7. The summed E-state index contributed by atoms with van der Waals surface area (Å²) in [6.07, 6.45) is -0.176. The molecule has 1 unspecified atom stereocenters. The molecule has 3 rings (SSSR count). The average molecular weight is 409 g/mol. The normalized spacial score (nSPS) is 21.5. The molecule has 1 saturated heterocycles. The van der Waals surface area contributed by atoms with Crippen molar-refractivity contribution in [1.29, 1.82) is 0 Å². The first kappa shape index (κ1) is 20.3. The van der Waals surface area contributed by atoms with E-state index in [4.69, 9.17) is 26.4 Å². The zero-order valence-corrected chi connectivity index (χ0v) is 16.9. The van der Waals surface area contributed by atoms with Crippen LogP contribution < -0.4 is 14.4 Å². The number of nitrogens with zero attached hydrogens (tertiary/aromatic N) is 3. The Balaban J connectivity index is 1.70. The van der Waals surface area contributed by atoms with Crippen LogP contribution in [-0.2, 0) is 29.9 Å². The highest BCUT2D eigenvalue weighted by Crippen LogP contribution is 2.18. The smallest absolute Gasteiger partial charge is 0.364 e. The quantitative estimate of drug-likeness (QED) is 0.479. The summed E-state index contributed by atoms with van der Waals surface area (Å²) in [6, 6.07) is 6.86. The van der Waals surface area contributed by atoms with Gasteiger partial charge in [0.25, 0.3) is 0 Å². The second-order valence-corrected chi connectivity index (χ2v) is 7.07. The van der Waals surface area contributed by atoms with E-state index >= 15 is 0 Å². The Morgan fingerprint density at radius 1 is 1.32 bits per heavy atom. The lowest BCUT2D eigenvalue weighted by molar-refractivity contribution is -0.928. The molecule has 2 aromatic rings. The van der Waals surface area contributed by atoms with Gasteiger partial charge in [0.15, 0.2) is 18.5 Å². The minimum absolute atomic E-state index is 0.248. The van der Waals surface area contributed by atoms with E-state index in [-0.39, 0.29) is 12.6 Å². The Bertz CT molecular complexity index is 879. The van der Waals surface area contributed by atoms with Gasteiger partial charge in [-0.1, -0.05) is 0 Å². The highest BCUT2D eigenvalue weighted by atomic mass is 32.1. The molecule has 9 nitrogen and oxygen atoms in total. The molecule has 0 saturated carbocycles. The SMILES string of the molecule is COC(=O)[C@@H]1C[C@@H](O)C[NH+]1Cn1nc(COc2ccc(OC)cc2)n(C)c1=S. The number of nitrogens with one attached hydrogen (secondary N) is 1. The maximum absolute atomic E-state index is 12.0. The summed E-state index contributed by atoms with van der Waals surface area (Å²) >= 11 is 5.47. The molecule has 1 aromatic heterocycles. The summed E-state index contributed by atoms with van der Waals surface area (Å²) in [5.74, 6) is 1.78. The van der Waals surface area contributed by atoms with Crippen molar-refractivity contribution < 1.29 is 29.0 Å². The maximum atomic E-state index is 12.0. The molecule has 10 heteroatoms. The third-order valence-electron chi connectivity index (χ3n) is 4.90. The Hall–Kier alpha value is -2.43. The topological polar surface area (TPSA) is 92.2 Å². The molecular formula is C18H25N4O5S+. The van der Waals surface area contributed by atoms with E-state index in [9.17, 15) is 9.90 Å². The Labute approximate surface area is 168 Å². The first-order chi connectivity index (χ1) is 13.4. The number of aromatic nitrogens is 3. The molecule has 0 radical (unpaired) electrons. The molecule has 1 fully saturated rings. The molecule has 1 aliphatic heterocycles. The van der Waals surface area contributed by atoms with Crippen LogP contribution in [0.1, 0.15) is 12.2 Å². The van der Waals surface area contributed by atoms with Gasteiger partial charge in [-0.3, -0.25) is 0 Å². The zero-order chi connectivity index (χ0) is 20.3. The summed E-state index contributed by atoms with van der Waals surface area (Å²) in [5, 5.41) is 14.5. The molecule has 1 aromatic carbocycles. The van der Waals surface area contributed by atoms with E-state index in [1.54, 1.807) is 16.4 Å². The van der Waals surface area contributed by atoms with Gasteiger partial charge in [-0.2, -0.15) is 4.68 Å². The number of esters is 1. The van der Waals surface area contributed by atoms with Gasteiger partial charge in [0, 0.05) is 13.5 Å². The third-order valence-corrected chi connectivity index (χ3v) is 5.38. The molecule has 0 aliphatic carbocycles. The molecule has 0 amide bonds. The number of methoxy groups -OCH3 is 2. The zero-order valence-electron chi connectivity index (χ0n) is 16.1. The van der Waals surface area contributed by atoms with E-state index in [0.717, 1.165) is 10.6 Å². The molecule has 0 spiro atoms. The predicted octanol–water partition coefficient (Wildman–Crippen LogP) is -0.313. The van der Waals surface area contributed by atoms with Crippen molar-refractivity contribution in [1.82, 2.24) is 14.3 Å². The van der Waals surface area contributed by atoms with Crippen LogP contribution in [0.25, 0.3) is 0 Å². The van der Waals surface area contributed by atoms with Crippen LogP contribution in [-0.4, -0.2) is 58.3 Å². The second kappa shape index (κ2) is 8.72. The van der Waals surface area contributed by atoms with Crippen molar-refractivity contribution in [3.05, 3.63) is 34.9 Å². The van der Waals surface area contributed by atoms with Crippen LogP contribution in [0.3, 0.4) is 0 Å². The lowest BCUT2D eigenvalue weighted by atomic mass is 10.2. The Kier molecular flexibility index (Phi) is 6.32.